The molecule has 3 rings (SSSR count). The Morgan fingerprint density at radius 3 is 2.33 bits per heavy atom. The molecular weight excluding hydrogens is 420 g/mol. The standard InChI is InChI=1S/C21H24N4O3S2/c1-13-5-8-16(9-6-13)30(27,28)19-20(22)25(24-21(19)29-4)12-18(26)23-17-10-7-14(2)11-15(17)3/h5-11H,12,22H2,1-4H3,(H,23,26). The Hall–Kier alpha value is -2.78. The van der Waals surface area contributed by atoms with Crippen LogP contribution in [0.25, 0.3) is 0 Å². The summed E-state index contributed by atoms with van der Waals surface area (Å²) in [5.41, 5.74) is 9.82. The minimum Gasteiger partial charge on any atom is -0.383 e. The predicted octanol–water partition coefficient (Wildman–Crippen LogP) is 3.58. The maximum Gasteiger partial charge on any atom is 0.246 e. The highest BCUT2D eigenvalue weighted by Gasteiger charge is 2.29. The van der Waals surface area contributed by atoms with E-state index < -0.39 is 9.84 Å². The number of hydrogen-bond acceptors (Lipinski definition) is 6. The molecule has 1 amide bonds. The lowest BCUT2D eigenvalue weighted by atomic mass is 10.1. The Labute approximate surface area is 180 Å². The van der Waals surface area contributed by atoms with Crippen molar-refractivity contribution < 1.29 is 13.2 Å². The molecule has 0 aliphatic carbocycles. The van der Waals surface area contributed by atoms with Crippen molar-refractivity contribution in [1.29, 1.82) is 0 Å². The molecular formula is C21H24N4O3S2. The van der Waals surface area contributed by atoms with Gasteiger partial charge in [0.1, 0.15) is 22.3 Å². The number of sulfone groups is 1. The summed E-state index contributed by atoms with van der Waals surface area (Å²) in [6, 6.07) is 12.2. The molecule has 0 aliphatic heterocycles. The third kappa shape index (κ3) is 4.36. The van der Waals surface area contributed by atoms with Crippen LogP contribution in [-0.2, 0) is 21.2 Å². The van der Waals surface area contributed by atoms with E-state index in [4.69, 9.17) is 5.73 Å². The average molecular weight is 445 g/mol. The number of anilines is 2. The van der Waals surface area contributed by atoms with Gasteiger partial charge in [-0.2, -0.15) is 5.10 Å². The van der Waals surface area contributed by atoms with Crippen molar-refractivity contribution in [3.63, 3.8) is 0 Å². The second-order valence-corrected chi connectivity index (χ2v) is 9.75. The molecule has 0 radical (unpaired) electrons. The number of amides is 1. The molecule has 1 aromatic heterocycles. The monoisotopic (exact) mass is 444 g/mol. The van der Waals surface area contributed by atoms with E-state index in [2.05, 4.69) is 10.4 Å². The van der Waals surface area contributed by atoms with Crippen molar-refractivity contribution in [2.45, 2.75) is 42.1 Å². The Morgan fingerprint density at radius 2 is 1.73 bits per heavy atom. The normalized spacial score (nSPS) is 11.5. The molecule has 0 atom stereocenters. The predicted molar refractivity (Wildman–Crippen MR) is 120 cm³/mol. The Morgan fingerprint density at radius 1 is 1.10 bits per heavy atom. The fraction of sp³-hybridized carbons (Fsp3) is 0.238. The number of aryl methyl sites for hydroxylation is 3. The van der Waals surface area contributed by atoms with Gasteiger partial charge in [0.15, 0.2) is 0 Å². The molecule has 0 spiro atoms. The van der Waals surface area contributed by atoms with Gasteiger partial charge < -0.3 is 11.1 Å². The van der Waals surface area contributed by atoms with Gasteiger partial charge in [-0.15, -0.1) is 11.8 Å². The number of nitrogens with zero attached hydrogens (tertiary/aromatic N) is 2. The molecule has 0 saturated heterocycles. The van der Waals surface area contributed by atoms with Crippen LogP contribution < -0.4 is 11.1 Å². The third-order valence-electron chi connectivity index (χ3n) is 4.66. The van der Waals surface area contributed by atoms with Crippen LogP contribution in [-0.4, -0.2) is 30.4 Å². The molecule has 7 nitrogen and oxygen atoms in total. The highest BCUT2D eigenvalue weighted by atomic mass is 32.2. The van der Waals surface area contributed by atoms with Crippen molar-refractivity contribution in [2.24, 2.45) is 0 Å². The molecule has 1 heterocycles. The number of nitrogens with two attached hydrogens (primary N) is 1. The lowest BCUT2D eigenvalue weighted by Crippen LogP contribution is -2.21. The summed E-state index contributed by atoms with van der Waals surface area (Å²) in [7, 11) is -3.88. The van der Waals surface area contributed by atoms with Gasteiger partial charge in [0, 0.05) is 5.69 Å². The van der Waals surface area contributed by atoms with E-state index in [9.17, 15) is 13.2 Å². The number of nitrogen functional groups attached to an aromatic ring is 1. The number of carbonyl (C=O) groups is 1. The second kappa shape index (κ2) is 8.53. The topological polar surface area (TPSA) is 107 Å². The lowest BCUT2D eigenvalue weighted by Gasteiger charge is -2.10. The summed E-state index contributed by atoms with van der Waals surface area (Å²) in [5.74, 6) is -0.404. The van der Waals surface area contributed by atoms with Crippen LogP contribution in [0.1, 0.15) is 16.7 Å². The quantitative estimate of drug-likeness (QED) is 0.563. The zero-order chi connectivity index (χ0) is 22.1. The van der Waals surface area contributed by atoms with Crippen LogP contribution >= 0.6 is 11.8 Å². The van der Waals surface area contributed by atoms with Gasteiger partial charge in [-0.05, 0) is 50.8 Å². The zero-order valence-corrected chi connectivity index (χ0v) is 18.9. The van der Waals surface area contributed by atoms with Crippen LogP contribution in [0.2, 0.25) is 0 Å². The lowest BCUT2D eigenvalue weighted by molar-refractivity contribution is -0.116. The second-order valence-electron chi connectivity index (χ2n) is 7.06. The highest BCUT2D eigenvalue weighted by Crippen LogP contribution is 2.34. The number of carbonyl (C=O) groups excluding carboxylic acids is 1. The van der Waals surface area contributed by atoms with Crippen molar-refractivity contribution in [3.05, 3.63) is 59.2 Å². The molecule has 2 aromatic carbocycles. The smallest absolute Gasteiger partial charge is 0.246 e. The third-order valence-corrected chi connectivity index (χ3v) is 7.29. The van der Waals surface area contributed by atoms with Crippen LogP contribution in [0.3, 0.4) is 0 Å². The van der Waals surface area contributed by atoms with Crippen molar-refractivity contribution in [3.8, 4) is 0 Å². The summed E-state index contributed by atoms with van der Waals surface area (Å²) < 4.78 is 27.6. The SMILES string of the molecule is CSc1nn(CC(=O)Nc2ccc(C)cc2C)c(N)c1S(=O)(=O)c1ccc(C)cc1. The minimum absolute atomic E-state index is 0.0595. The fourth-order valence-corrected chi connectivity index (χ4v) is 5.49. The summed E-state index contributed by atoms with van der Waals surface area (Å²) in [6.07, 6.45) is 1.72. The first kappa shape index (κ1) is 21.9. The van der Waals surface area contributed by atoms with E-state index in [1.807, 2.05) is 39.0 Å². The summed E-state index contributed by atoms with van der Waals surface area (Å²) >= 11 is 1.17. The molecule has 3 aromatic rings. The number of thioether (sulfide) groups is 1. The summed E-state index contributed by atoms with van der Waals surface area (Å²) in [5, 5.41) is 7.35. The van der Waals surface area contributed by atoms with Crippen molar-refractivity contribution >= 4 is 39.0 Å². The van der Waals surface area contributed by atoms with Gasteiger partial charge >= 0.3 is 0 Å². The molecule has 0 fully saturated rings. The van der Waals surface area contributed by atoms with E-state index in [1.165, 1.54) is 16.4 Å². The molecule has 3 N–H and O–H groups in total. The molecule has 0 saturated carbocycles. The van der Waals surface area contributed by atoms with Gasteiger partial charge in [-0.1, -0.05) is 35.4 Å². The molecule has 30 heavy (non-hydrogen) atoms. The zero-order valence-electron chi connectivity index (χ0n) is 17.3. The molecule has 158 valence electrons. The van der Waals surface area contributed by atoms with Gasteiger partial charge in [-0.25, -0.2) is 13.1 Å². The van der Waals surface area contributed by atoms with Crippen LogP contribution in [0.5, 0.6) is 0 Å². The molecule has 0 aliphatic rings. The number of rotatable bonds is 6. The van der Waals surface area contributed by atoms with Crippen LogP contribution in [0.4, 0.5) is 11.5 Å². The minimum atomic E-state index is -3.88. The van der Waals surface area contributed by atoms with Crippen molar-refractivity contribution in [1.82, 2.24) is 9.78 Å². The van der Waals surface area contributed by atoms with Crippen LogP contribution in [0.15, 0.2) is 57.3 Å². The Kier molecular flexibility index (Phi) is 6.23. The highest BCUT2D eigenvalue weighted by molar-refractivity contribution is 7.99. The number of nitrogens with one attached hydrogen (secondary N) is 1. The largest absolute Gasteiger partial charge is 0.383 e. The van der Waals surface area contributed by atoms with E-state index in [0.29, 0.717) is 5.69 Å². The van der Waals surface area contributed by atoms with E-state index in [0.717, 1.165) is 16.7 Å². The number of benzene rings is 2. The summed E-state index contributed by atoms with van der Waals surface area (Å²) in [6.45, 7) is 5.56. The van der Waals surface area contributed by atoms with Gasteiger partial charge in [0.25, 0.3) is 0 Å². The van der Waals surface area contributed by atoms with E-state index in [-0.39, 0.29) is 33.1 Å². The van der Waals surface area contributed by atoms with E-state index in [1.54, 1.807) is 30.5 Å². The number of hydrogen-bond donors (Lipinski definition) is 2. The summed E-state index contributed by atoms with van der Waals surface area (Å²) in [4.78, 5) is 12.6. The van der Waals surface area contributed by atoms with Gasteiger partial charge in [0.2, 0.25) is 15.7 Å². The molecule has 9 heteroatoms. The molecule has 0 bridgehead atoms. The first-order valence-electron chi connectivity index (χ1n) is 9.22. The fourth-order valence-electron chi connectivity index (χ4n) is 3.06. The van der Waals surface area contributed by atoms with Crippen molar-refractivity contribution in [2.75, 3.05) is 17.3 Å². The average Bonchev–Trinajstić information content (AvgIpc) is 3.00. The van der Waals surface area contributed by atoms with E-state index >= 15 is 0 Å². The maximum atomic E-state index is 13.2. The Balaban J connectivity index is 1.91. The van der Waals surface area contributed by atoms with Gasteiger partial charge in [-0.3, -0.25) is 4.79 Å². The first-order valence-corrected chi connectivity index (χ1v) is 11.9. The van der Waals surface area contributed by atoms with Gasteiger partial charge in [0.05, 0.1) is 4.90 Å². The molecule has 0 unspecified atom stereocenters. The Bertz CT molecular complexity index is 1200. The van der Waals surface area contributed by atoms with Crippen LogP contribution in [0, 0.1) is 20.8 Å². The first-order chi connectivity index (χ1) is 14.1. The maximum absolute atomic E-state index is 13.2. The number of aromatic nitrogens is 2.